The van der Waals surface area contributed by atoms with Crippen LogP contribution in [0, 0.1) is 5.41 Å². The van der Waals surface area contributed by atoms with E-state index in [9.17, 15) is 4.79 Å². The Hall–Kier alpha value is -0.320. The fourth-order valence-corrected chi connectivity index (χ4v) is 3.08. The Balaban J connectivity index is 0.00000180. The van der Waals surface area contributed by atoms with Crippen molar-refractivity contribution >= 4 is 18.3 Å². The topological polar surface area (TPSA) is 44.4 Å². The Morgan fingerprint density at radius 2 is 2.16 bits per heavy atom. The molecule has 112 valence electrons. The highest BCUT2D eigenvalue weighted by Gasteiger charge is 2.42. The number of halogens is 1. The summed E-state index contributed by atoms with van der Waals surface area (Å²) in [4.78, 5) is 14.5. The van der Waals surface area contributed by atoms with E-state index < -0.39 is 0 Å². The number of nitrogens with one attached hydrogen (secondary N) is 2. The fraction of sp³-hybridized carbons (Fsp3) is 0.929. The Kier molecular flexibility index (Phi) is 6.09. The molecule has 1 spiro atoms. The molecule has 0 aliphatic carbocycles. The van der Waals surface area contributed by atoms with Crippen LogP contribution in [-0.2, 0) is 4.79 Å². The van der Waals surface area contributed by atoms with Gasteiger partial charge in [0.25, 0.3) is 0 Å². The van der Waals surface area contributed by atoms with Crippen molar-refractivity contribution in [1.29, 1.82) is 0 Å². The van der Waals surface area contributed by atoms with Crippen LogP contribution in [0.1, 0.15) is 40.0 Å². The summed E-state index contributed by atoms with van der Waals surface area (Å²) in [5.41, 5.74) is 0.449. The third kappa shape index (κ3) is 3.83. The Bertz CT molecular complexity index is 305. The van der Waals surface area contributed by atoms with E-state index in [0.717, 1.165) is 32.6 Å². The van der Waals surface area contributed by atoms with E-state index >= 15 is 0 Å². The van der Waals surface area contributed by atoms with Crippen LogP contribution in [0.4, 0.5) is 0 Å². The quantitative estimate of drug-likeness (QED) is 0.822. The lowest BCUT2D eigenvalue weighted by molar-refractivity contribution is -0.126. The van der Waals surface area contributed by atoms with Crippen LogP contribution in [0.5, 0.6) is 0 Å². The molecule has 2 N–H and O–H groups in total. The predicted molar refractivity (Wildman–Crippen MR) is 80.7 cm³/mol. The van der Waals surface area contributed by atoms with Crippen molar-refractivity contribution in [1.82, 2.24) is 15.5 Å². The molecule has 3 unspecified atom stereocenters. The van der Waals surface area contributed by atoms with Crippen LogP contribution in [0.15, 0.2) is 0 Å². The van der Waals surface area contributed by atoms with Crippen LogP contribution in [0.25, 0.3) is 0 Å². The van der Waals surface area contributed by atoms with Crippen molar-refractivity contribution in [2.45, 2.75) is 52.1 Å². The summed E-state index contributed by atoms with van der Waals surface area (Å²) in [5.74, 6) is 0.187. The number of likely N-dealkylation sites (tertiary alicyclic amines) is 1. The highest BCUT2D eigenvalue weighted by atomic mass is 35.5. The number of hydrogen-bond acceptors (Lipinski definition) is 3. The number of carbonyl (C=O) groups is 1. The van der Waals surface area contributed by atoms with Gasteiger partial charge in [-0.15, -0.1) is 12.4 Å². The van der Waals surface area contributed by atoms with E-state index in [1.54, 1.807) is 0 Å². The number of amides is 1. The minimum Gasteiger partial charge on any atom is -0.352 e. The van der Waals surface area contributed by atoms with Gasteiger partial charge in [0.2, 0.25) is 5.91 Å². The molecule has 19 heavy (non-hydrogen) atoms. The van der Waals surface area contributed by atoms with Gasteiger partial charge < -0.3 is 10.6 Å². The summed E-state index contributed by atoms with van der Waals surface area (Å²) in [5, 5.41) is 6.55. The van der Waals surface area contributed by atoms with Crippen molar-refractivity contribution in [2.24, 2.45) is 5.41 Å². The average Bonchev–Trinajstić information content (AvgIpc) is 2.99. The first kappa shape index (κ1) is 16.7. The molecule has 2 rings (SSSR count). The van der Waals surface area contributed by atoms with E-state index in [-0.39, 0.29) is 30.4 Å². The molecule has 2 aliphatic heterocycles. The maximum atomic E-state index is 12.1. The first-order chi connectivity index (χ1) is 8.56. The Labute approximate surface area is 123 Å². The maximum absolute atomic E-state index is 12.1. The van der Waals surface area contributed by atoms with Crippen LogP contribution >= 0.6 is 12.4 Å². The van der Waals surface area contributed by atoms with E-state index in [1.807, 2.05) is 6.92 Å². The van der Waals surface area contributed by atoms with Gasteiger partial charge in [0.1, 0.15) is 0 Å². The normalized spacial score (nSPS) is 30.1. The molecule has 4 nitrogen and oxygen atoms in total. The van der Waals surface area contributed by atoms with Crippen LogP contribution < -0.4 is 10.6 Å². The lowest BCUT2D eigenvalue weighted by Crippen LogP contribution is -2.47. The van der Waals surface area contributed by atoms with Gasteiger partial charge in [0.15, 0.2) is 0 Å². The third-order valence-electron chi connectivity index (χ3n) is 4.73. The number of hydrogen-bond donors (Lipinski definition) is 2. The van der Waals surface area contributed by atoms with Gasteiger partial charge in [0.05, 0.1) is 6.04 Å². The van der Waals surface area contributed by atoms with Crippen molar-refractivity contribution in [3.63, 3.8) is 0 Å². The van der Waals surface area contributed by atoms with E-state index in [0.29, 0.717) is 5.41 Å². The summed E-state index contributed by atoms with van der Waals surface area (Å²) in [6.45, 7) is 10.6. The fourth-order valence-electron chi connectivity index (χ4n) is 3.08. The Morgan fingerprint density at radius 1 is 1.42 bits per heavy atom. The second-order valence-corrected chi connectivity index (χ2v) is 6.14. The average molecular weight is 290 g/mol. The lowest BCUT2D eigenvalue weighted by Gasteiger charge is -2.27. The van der Waals surface area contributed by atoms with Crippen molar-refractivity contribution in [3.05, 3.63) is 0 Å². The Morgan fingerprint density at radius 3 is 2.74 bits per heavy atom. The standard InChI is InChI=1S/C14H27N3O.ClH/c1-4-11(2)16-13(18)12(3)17-8-6-14(10-17)5-7-15-9-14;/h11-12,15H,4-10H2,1-3H3,(H,16,18);1H. The minimum absolute atomic E-state index is 0. The van der Waals surface area contributed by atoms with Gasteiger partial charge in [0, 0.05) is 19.1 Å². The molecule has 1 amide bonds. The van der Waals surface area contributed by atoms with E-state index in [4.69, 9.17) is 0 Å². The van der Waals surface area contributed by atoms with E-state index in [2.05, 4.69) is 29.4 Å². The summed E-state index contributed by atoms with van der Waals surface area (Å²) < 4.78 is 0. The minimum atomic E-state index is 0. The molecule has 0 aromatic heterocycles. The molecule has 0 radical (unpaired) electrons. The highest BCUT2D eigenvalue weighted by Crippen LogP contribution is 2.36. The molecule has 2 aliphatic rings. The van der Waals surface area contributed by atoms with Gasteiger partial charge in [-0.3, -0.25) is 9.69 Å². The van der Waals surface area contributed by atoms with Crippen molar-refractivity contribution in [2.75, 3.05) is 26.2 Å². The third-order valence-corrected chi connectivity index (χ3v) is 4.73. The second-order valence-electron chi connectivity index (χ2n) is 6.14. The molecule has 2 heterocycles. The van der Waals surface area contributed by atoms with Gasteiger partial charge in [-0.05, 0) is 51.6 Å². The smallest absolute Gasteiger partial charge is 0.237 e. The van der Waals surface area contributed by atoms with E-state index in [1.165, 1.54) is 12.8 Å². The molecular weight excluding hydrogens is 262 g/mol. The molecule has 5 heteroatoms. The molecule has 2 saturated heterocycles. The zero-order valence-electron chi connectivity index (χ0n) is 12.4. The number of carbonyl (C=O) groups excluding carboxylic acids is 1. The summed E-state index contributed by atoms with van der Waals surface area (Å²) in [6, 6.07) is 0.295. The molecule has 0 bridgehead atoms. The largest absolute Gasteiger partial charge is 0.352 e. The van der Waals surface area contributed by atoms with Gasteiger partial charge in [-0.2, -0.15) is 0 Å². The molecular formula is C14H28ClN3O. The van der Waals surface area contributed by atoms with Crippen molar-refractivity contribution < 1.29 is 4.79 Å². The summed E-state index contributed by atoms with van der Waals surface area (Å²) >= 11 is 0. The van der Waals surface area contributed by atoms with Crippen LogP contribution in [0.3, 0.4) is 0 Å². The number of rotatable bonds is 4. The lowest BCUT2D eigenvalue weighted by atomic mass is 9.86. The molecule has 2 fully saturated rings. The van der Waals surface area contributed by atoms with Gasteiger partial charge >= 0.3 is 0 Å². The summed E-state index contributed by atoms with van der Waals surface area (Å²) in [7, 11) is 0. The maximum Gasteiger partial charge on any atom is 0.237 e. The molecule has 3 atom stereocenters. The number of nitrogens with zero attached hydrogens (tertiary/aromatic N) is 1. The highest BCUT2D eigenvalue weighted by molar-refractivity contribution is 5.85. The molecule has 0 aromatic rings. The zero-order chi connectivity index (χ0) is 13.2. The molecule has 0 aromatic carbocycles. The van der Waals surface area contributed by atoms with Crippen LogP contribution in [0.2, 0.25) is 0 Å². The monoisotopic (exact) mass is 289 g/mol. The zero-order valence-corrected chi connectivity index (χ0v) is 13.2. The first-order valence-corrected chi connectivity index (χ1v) is 7.31. The summed E-state index contributed by atoms with van der Waals surface area (Å²) in [6.07, 6.45) is 3.50. The second kappa shape index (κ2) is 6.91. The SMILES string of the molecule is CCC(C)NC(=O)C(C)N1CCC2(CCNC2)C1.Cl. The predicted octanol–water partition coefficient (Wildman–Crippen LogP) is 1.40. The van der Waals surface area contributed by atoms with Gasteiger partial charge in [-0.1, -0.05) is 6.92 Å². The van der Waals surface area contributed by atoms with Crippen molar-refractivity contribution in [3.8, 4) is 0 Å². The van der Waals surface area contributed by atoms with Crippen LogP contribution in [-0.4, -0.2) is 49.1 Å². The van der Waals surface area contributed by atoms with Gasteiger partial charge in [-0.25, -0.2) is 0 Å². The molecule has 0 saturated carbocycles. The first-order valence-electron chi connectivity index (χ1n) is 7.31.